The van der Waals surface area contributed by atoms with Crippen LogP contribution in [0.1, 0.15) is 71.9 Å². The Kier molecular flexibility index (Phi) is 8.44. The van der Waals surface area contributed by atoms with Crippen LogP contribution in [-0.4, -0.2) is 65.1 Å². The van der Waals surface area contributed by atoms with Crippen LogP contribution in [0.2, 0.25) is 0 Å². The molecule has 3 aromatic carbocycles. The zero-order chi connectivity index (χ0) is 36.5. The molecule has 5 aromatic rings. The molecule has 3 amide bonds. The number of methoxy groups -OCH3 is 1. The predicted molar refractivity (Wildman–Crippen MR) is 202 cm³/mol. The minimum atomic E-state index is -1.35. The summed E-state index contributed by atoms with van der Waals surface area (Å²) in [5, 5.41) is 4.98. The molecule has 52 heavy (non-hydrogen) atoms. The van der Waals surface area contributed by atoms with Crippen molar-refractivity contribution in [1.82, 2.24) is 14.8 Å². The summed E-state index contributed by atoms with van der Waals surface area (Å²) in [6, 6.07) is 18.4. The highest BCUT2D eigenvalue weighted by Crippen LogP contribution is 2.46. The Morgan fingerprint density at radius 3 is 2.58 bits per heavy atom. The third kappa shape index (κ3) is 6.46. The number of fused-ring (bicyclic) bond motifs is 3. The number of nitrogens with zero attached hydrogens (tertiary/aromatic N) is 3. The van der Waals surface area contributed by atoms with Crippen molar-refractivity contribution in [2.45, 2.75) is 71.8 Å². The molecule has 0 bridgehead atoms. The number of aryl methyl sites for hydroxylation is 1. The number of carbonyl (C=O) groups is 3. The Morgan fingerprint density at radius 2 is 1.83 bits per heavy atom. The lowest BCUT2D eigenvalue weighted by Crippen LogP contribution is -2.45. The Morgan fingerprint density at radius 1 is 1.06 bits per heavy atom. The summed E-state index contributed by atoms with van der Waals surface area (Å²) in [5.41, 5.74) is 7.06. The van der Waals surface area contributed by atoms with E-state index in [-0.39, 0.29) is 37.0 Å². The second kappa shape index (κ2) is 12.9. The van der Waals surface area contributed by atoms with E-state index in [1.165, 1.54) is 17.7 Å². The lowest BCUT2D eigenvalue weighted by molar-refractivity contribution is 0.0595. The standard InChI is InChI=1S/C41H41FN4O5S/c1-22-36-34(50-5)15-28(39(48)45-20-29(42)17-30(21-45)44-40(49)51-41(2,3)4)16-35(36)52-37(22)33-14-26-10-8-25(13-32(26)46(33)19-23-6-7-23)24-9-11-27-18-43-38(47)31(27)12-24/h8-16,23,29H,6-7,17-21H2,1-5H3,(H,43,47)/b44-30-/t29-/m1/s1. The molecule has 1 N–H and O–H groups in total. The summed E-state index contributed by atoms with van der Waals surface area (Å²) in [4.78, 5) is 45.2. The highest BCUT2D eigenvalue weighted by molar-refractivity contribution is 7.22. The van der Waals surface area contributed by atoms with Crippen molar-refractivity contribution in [3.63, 3.8) is 0 Å². The molecule has 1 saturated carbocycles. The van der Waals surface area contributed by atoms with Gasteiger partial charge in [-0.15, -0.1) is 11.3 Å². The zero-order valence-electron chi connectivity index (χ0n) is 30.0. The van der Waals surface area contributed by atoms with Gasteiger partial charge in [-0.1, -0.05) is 24.3 Å². The minimum Gasteiger partial charge on any atom is -0.496 e. The summed E-state index contributed by atoms with van der Waals surface area (Å²) in [6.07, 6.45) is 0.227. The van der Waals surface area contributed by atoms with E-state index in [1.807, 2.05) is 18.2 Å². The third-order valence-electron chi connectivity index (χ3n) is 10.0. The van der Waals surface area contributed by atoms with Gasteiger partial charge >= 0.3 is 6.09 Å². The van der Waals surface area contributed by atoms with Crippen LogP contribution in [0.5, 0.6) is 5.75 Å². The number of hydrogen-bond donors (Lipinski definition) is 1. The second-order valence-corrected chi connectivity index (χ2v) is 16.2. The molecule has 1 aliphatic carbocycles. The lowest BCUT2D eigenvalue weighted by atomic mass is 9.99. The van der Waals surface area contributed by atoms with Gasteiger partial charge in [0.05, 0.1) is 30.8 Å². The van der Waals surface area contributed by atoms with E-state index in [4.69, 9.17) is 9.47 Å². The first-order valence-electron chi connectivity index (χ1n) is 17.7. The predicted octanol–water partition coefficient (Wildman–Crippen LogP) is 8.72. The topological polar surface area (TPSA) is 102 Å². The van der Waals surface area contributed by atoms with Gasteiger partial charge in [0.2, 0.25) is 0 Å². The first kappa shape index (κ1) is 34.1. The first-order chi connectivity index (χ1) is 24.8. The molecule has 2 fully saturated rings. The second-order valence-electron chi connectivity index (χ2n) is 15.2. The van der Waals surface area contributed by atoms with Crippen molar-refractivity contribution < 1.29 is 28.2 Å². The molecular formula is C41H41FN4O5S. The van der Waals surface area contributed by atoms with Crippen LogP contribution in [0.25, 0.3) is 42.7 Å². The largest absolute Gasteiger partial charge is 0.496 e. The van der Waals surface area contributed by atoms with Crippen LogP contribution in [0, 0.1) is 12.8 Å². The maximum Gasteiger partial charge on any atom is 0.434 e. The van der Waals surface area contributed by atoms with E-state index >= 15 is 0 Å². The highest BCUT2D eigenvalue weighted by atomic mass is 32.1. The van der Waals surface area contributed by atoms with E-state index in [0.29, 0.717) is 23.8 Å². The number of aromatic nitrogens is 1. The van der Waals surface area contributed by atoms with Crippen molar-refractivity contribution in [2.75, 3.05) is 20.2 Å². The van der Waals surface area contributed by atoms with Crippen molar-refractivity contribution >= 4 is 55.9 Å². The molecule has 8 rings (SSSR count). The van der Waals surface area contributed by atoms with Crippen LogP contribution in [0.4, 0.5) is 9.18 Å². The molecule has 0 radical (unpaired) electrons. The van der Waals surface area contributed by atoms with E-state index in [1.54, 1.807) is 45.3 Å². The van der Waals surface area contributed by atoms with Gasteiger partial charge in [0, 0.05) is 57.3 Å². The summed E-state index contributed by atoms with van der Waals surface area (Å²) in [6.45, 7) is 8.72. The average molecular weight is 721 g/mol. The zero-order valence-corrected chi connectivity index (χ0v) is 30.8. The molecule has 0 unspecified atom stereocenters. The number of piperidine rings is 1. The molecule has 11 heteroatoms. The number of thiophene rings is 1. The number of aliphatic imine (C=N–C) groups is 1. The molecule has 1 saturated heterocycles. The Bertz CT molecular complexity index is 2330. The van der Waals surface area contributed by atoms with Crippen LogP contribution in [0.3, 0.4) is 0 Å². The summed E-state index contributed by atoms with van der Waals surface area (Å²) in [5.74, 6) is 0.802. The van der Waals surface area contributed by atoms with Gasteiger partial charge in [0.1, 0.15) is 17.5 Å². The summed E-state index contributed by atoms with van der Waals surface area (Å²) < 4.78 is 29.4. The SMILES string of the molecule is COc1cc(C(=O)N2C/C(=N\C(=O)OC(C)(C)C)C[C@@H](F)C2)cc2sc(-c3cc4ccc(-c5ccc6c(c5)C(=O)NC6)cc4n3CC3CC3)c(C)c12. The minimum absolute atomic E-state index is 0.0281. The van der Waals surface area contributed by atoms with E-state index in [2.05, 4.69) is 52.1 Å². The van der Waals surface area contributed by atoms with E-state index < -0.39 is 17.9 Å². The summed E-state index contributed by atoms with van der Waals surface area (Å²) >= 11 is 1.62. The fourth-order valence-corrected chi connectivity index (χ4v) is 8.67. The first-order valence-corrected chi connectivity index (χ1v) is 18.6. The monoisotopic (exact) mass is 720 g/mol. The number of hydrogen-bond acceptors (Lipinski definition) is 6. The Balaban J connectivity index is 1.16. The number of carbonyl (C=O) groups excluding carboxylic acids is 3. The van der Waals surface area contributed by atoms with Crippen LogP contribution >= 0.6 is 11.3 Å². The van der Waals surface area contributed by atoms with Gasteiger partial charge in [-0.05, 0) is 99.0 Å². The lowest BCUT2D eigenvalue weighted by Gasteiger charge is -2.30. The van der Waals surface area contributed by atoms with Gasteiger partial charge in [0.15, 0.2) is 0 Å². The molecule has 2 aliphatic heterocycles. The maximum atomic E-state index is 14.9. The number of halogens is 1. The molecule has 2 aromatic heterocycles. The molecule has 9 nitrogen and oxygen atoms in total. The number of amides is 3. The van der Waals surface area contributed by atoms with Crippen LogP contribution in [0.15, 0.2) is 59.6 Å². The smallest absolute Gasteiger partial charge is 0.434 e. The third-order valence-corrected chi connectivity index (χ3v) is 11.3. The van der Waals surface area contributed by atoms with Crippen molar-refractivity contribution in [3.8, 4) is 27.4 Å². The summed E-state index contributed by atoms with van der Waals surface area (Å²) in [7, 11) is 1.60. The van der Waals surface area contributed by atoms with Gasteiger partial charge < -0.3 is 24.3 Å². The maximum absolute atomic E-state index is 14.9. The van der Waals surface area contributed by atoms with Gasteiger partial charge in [-0.3, -0.25) is 9.59 Å². The number of likely N-dealkylation sites (tertiary alicyclic amines) is 1. The Labute approximate surface area is 305 Å². The normalized spacial score (nSPS) is 18.3. The quantitative estimate of drug-likeness (QED) is 0.189. The van der Waals surface area contributed by atoms with E-state index in [0.717, 1.165) is 65.9 Å². The van der Waals surface area contributed by atoms with Gasteiger partial charge in [-0.25, -0.2) is 9.18 Å². The molecular weight excluding hydrogens is 680 g/mol. The number of nitrogens with one attached hydrogen (secondary N) is 1. The highest BCUT2D eigenvalue weighted by Gasteiger charge is 2.31. The fourth-order valence-electron chi connectivity index (χ4n) is 7.38. The van der Waals surface area contributed by atoms with E-state index in [9.17, 15) is 18.8 Å². The molecule has 0 spiro atoms. The van der Waals surface area contributed by atoms with Crippen molar-refractivity contribution in [2.24, 2.45) is 10.9 Å². The number of rotatable bonds is 6. The molecule has 1 atom stereocenters. The Hall–Kier alpha value is -5.03. The number of alkyl halides is 1. The van der Waals surface area contributed by atoms with Crippen molar-refractivity contribution in [1.29, 1.82) is 0 Å². The number of ether oxygens (including phenoxy) is 2. The van der Waals surface area contributed by atoms with Crippen molar-refractivity contribution in [3.05, 3.63) is 76.9 Å². The van der Waals surface area contributed by atoms with Crippen LogP contribution in [-0.2, 0) is 17.8 Å². The van der Waals surface area contributed by atoms with Crippen LogP contribution < -0.4 is 10.1 Å². The molecule has 4 heterocycles. The van der Waals surface area contributed by atoms with Gasteiger partial charge in [-0.2, -0.15) is 4.99 Å². The average Bonchev–Trinajstić information content (AvgIpc) is 3.63. The van der Waals surface area contributed by atoms with Gasteiger partial charge in [0.25, 0.3) is 11.8 Å². The fraction of sp³-hybridized carbons (Fsp3) is 0.366. The number of benzene rings is 3. The molecule has 268 valence electrons. The molecule has 3 aliphatic rings.